The van der Waals surface area contributed by atoms with Gasteiger partial charge < -0.3 is 0 Å². The molecule has 0 amide bonds. The van der Waals surface area contributed by atoms with E-state index in [9.17, 15) is 13.2 Å². The maximum atomic E-state index is 13.7. The monoisotopic (exact) mass is 2320 g/mol. The zero-order chi connectivity index (χ0) is 81.7. The molecule has 0 aliphatic carbocycles. The summed E-state index contributed by atoms with van der Waals surface area (Å²) in [6.07, 6.45) is 0. The third kappa shape index (κ3) is 19.6. The Morgan fingerprint density at radius 1 is 0.155 bits per heavy atom. The first-order chi connectivity index (χ1) is 56.0. The average Bonchev–Trinajstić information content (AvgIpc) is 0.752. The van der Waals surface area contributed by atoms with Crippen LogP contribution in [0.1, 0.15) is 89.0 Å². The second-order valence-corrected chi connectivity index (χ2v) is 37.8. The van der Waals surface area contributed by atoms with Crippen LogP contribution in [0.15, 0.2) is 397 Å². The molecule has 16 heteroatoms. The van der Waals surface area contributed by atoms with E-state index >= 15 is 0 Å². The van der Waals surface area contributed by atoms with Gasteiger partial charge in [-0.05, 0) is 396 Å². The lowest BCUT2D eigenvalue weighted by Crippen LogP contribution is -2.31. The molecule has 576 valence electrons. The normalized spacial score (nSPS) is 11.4. The molecule has 116 heavy (non-hydrogen) atoms. The van der Waals surface area contributed by atoms with Crippen molar-refractivity contribution in [1.29, 1.82) is 0 Å². The van der Waals surface area contributed by atoms with Gasteiger partial charge in [-0.25, -0.2) is 13.2 Å². The van der Waals surface area contributed by atoms with E-state index < -0.39 is 16.2 Å². The minimum atomic E-state index is -0.862. The van der Waals surface area contributed by atoms with Crippen molar-refractivity contribution in [2.45, 2.75) is 21.7 Å². The highest BCUT2D eigenvalue weighted by molar-refractivity contribution is 14.1. The van der Waals surface area contributed by atoms with Gasteiger partial charge in [-0.3, -0.25) is 0 Å². The fraction of sp³-hybridized carbons (Fsp3) is 0.0400. The fourth-order valence-electron chi connectivity index (χ4n) is 15.2. The van der Waals surface area contributed by atoms with E-state index in [-0.39, 0.29) is 22.9 Å². The Bertz CT molecular complexity index is 4410. The zero-order valence-electron chi connectivity index (χ0n) is 61.0. The van der Waals surface area contributed by atoms with Crippen molar-refractivity contribution in [3.63, 3.8) is 0 Å². The van der Waals surface area contributed by atoms with E-state index in [1.807, 2.05) is 97.1 Å². The van der Waals surface area contributed by atoms with Gasteiger partial charge in [-0.2, -0.15) is 0 Å². The summed E-state index contributed by atoms with van der Waals surface area (Å²) in [5.74, 6) is -1.03. The first-order valence-electron chi connectivity index (χ1n) is 36.2. The van der Waals surface area contributed by atoms with Crippen LogP contribution in [0.5, 0.6) is 0 Å². The maximum Gasteiger partial charge on any atom is 0.123 e. The van der Waals surface area contributed by atoms with E-state index in [2.05, 4.69) is 363 Å². The number of benzene rings is 16. The van der Waals surface area contributed by atoms with Crippen molar-refractivity contribution in [1.82, 2.24) is 0 Å². The molecule has 16 aromatic carbocycles. The molecule has 0 bridgehead atoms. The molecule has 16 rings (SSSR count). The molecule has 0 heterocycles. The Labute approximate surface area is 790 Å². The van der Waals surface area contributed by atoms with Crippen molar-refractivity contribution in [2.24, 2.45) is 0 Å². The van der Waals surface area contributed by atoms with Gasteiger partial charge in [0.2, 0.25) is 0 Å². The molecule has 0 aliphatic heterocycles. The van der Waals surface area contributed by atoms with Crippen molar-refractivity contribution in [3.8, 4) is 0 Å². The number of rotatable bonds is 16. The summed E-state index contributed by atoms with van der Waals surface area (Å²) in [7, 11) is 0. The van der Waals surface area contributed by atoms with Gasteiger partial charge >= 0.3 is 0 Å². The number of hydrogen-bond acceptors (Lipinski definition) is 0. The second-order valence-electron chi connectivity index (χ2n) is 27.1. The van der Waals surface area contributed by atoms with E-state index in [1.165, 1.54) is 72.9 Å². The third-order valence-corrected chi connectivity index (χ3v) is 26.6. The summed E-state index contributed by atoms with van der Waals surface area (Å²) in [5, 5.41) is 4.22. The van der Waals surface area contributed by atoms with Crippen LogP contribution in [0.2, 0.25) is 30.1 Å². The van der Waals surface area contributed by atoms with Crippen molar-refractivity contribution >= 4 is 214 Å². The van der Waals surface area contributed by atoms with Gasteiger partial charge in [0, 0.05) is 56.9 Å². The molecule has 0 atom stereocenters. The second kappa shape index (κ2) is 39.9. The summed E-state index contributed by atoms with van der Waals surface area (Å²) < 4.78 is 49.3. The largest absolute Gasteiger partial charge is 0.207 e. The van der Waals surface area contributed by atoms with Crippen LogP contribution in [-0.4, -0.2) is 0 Å². The standard InChI is InChI=1S/C25H16BrCl3.C25H16BrI3.C25H16Cl3I.C25H16F3I/c4*26-21-9-1-17(2-10-21)25(18-3-11-22(27)12-4-18,19-5-13-23(28)14-6-19)20-7-15-24(29)16-8-20/h4*1-16H. The van der Waals surface area contributed by atoms with Crippen LogP contribution in [0, 0.1) is 35.3 Å². The molecule has 0 N–H and O–H groups in total. The smallest absolute Gasteiger partial charge is 0.123 e. The molecule has 0 spiro atoms. The van der Waals surface area contributed by atoms with Crippen LogP contribution in [-0.2, 0) is 21.7 Å². The lowest BCUT2D eigenvalue weighted by atomic mass is 9.65. The van der Waals surface area contributed by atoms with Gasteiger partial charge in [0.25, 0.3) is 0 Å². The molecule has 0 nitrogen and oxygen atoms in total. The molecule has 0 radical (unpaired) electrons. The Hall–Kier alpha value is -6.34. The zero-order valence-corrected chi connectivity index (χ0v) is 79.5. The highest BCUT2D eigenvalue weighted by Gasteiger charge is 2.43. The predicted molar refractivity (Wildman–Crippen MR) is 528 cm³/mol. The van der Waals surface area contributed by atoms with Crippen molar-refractivity contribution in [2.75, 3.05) is 0 Å². The van der Waals surface area contributed by atoms with Crippen LogP contribution < -0.4 is 0 Å². The van der Waals surface area contributed by atoms with E-state index in [4.69, 9.17) is 69.6 Å². The minimum Gasteiger partial charge on any atom is -0.207 e. The van der Waals surface area contributed by atoms with Crippen LogP contribution in [0.25, 0.3) is 0 Å². The lowest BCUT2D eigenvalue weighted by Gasteiger charge is -2.37. The molecule has 0 aliphatic rings. The average molecular weight is 2330 g/mol. The van der Waals surface area contributed by atoms with E-state index in [1.54, 1.807) is 36.4 Å². The number of halogens is 16. The minimum absolute atomic E-state index is 0.344. The van der Waals surface area contributed by atoms with Gasteiger partial charge in [0.05, 0.1) is 21.7 Å². The van der Waals surface area contributed by atoms with Gasteiger partial charge in [0.15, 0.2) is 0 Å². The molecule has 0 saturated heterocycles. The highest BCUT2D eigenvalue weighted by Crippen LogP contribution is 2.51. The highest BCUT2D eigenvalue weighted by atomic mass is 127. The molecular weight excluding hydrogens is 2270 g/mol. The van der Waals surface area contributed by atoms with Crippen LogP contribution in [0.3, 0.4) is 0 Å². The fourth-order valence-corrected chi connectivity index (χ4v) is 18.3. The third-order valence-electron chi connectivity index (χ3n) is 20.4. The van der Waals surface area contributed by atoms with Crippen molar-refractivity contribution < 1.29 is 13.2 Å². The molecule has 0 saturated carbocycles. The van der Waals surface area contributed by atoms with Gasteiger partial charge in [0.1, 0.15) is 17.5 Å². The maximum absolute atomic E-state index is 13.7. The summed E-state index contributed by atoms with van der Waals surface area (Å²) in [5.41, 5.74) is 15.0. The van der Waals surface area contributed by atoms with E-state index in [0.29, 0.717) is 30.1 Å². The quantitative estimate of drug-likeness (QED) is 0.0668. The molecule has 16 aromatic rings. The van der Waals surface area contributed by atoms with Crippen molar-refractivity contribution in [3.05, 3.63) is 552 Å². The number of hydrogen-bond donors (Lipinski definition) is 0. The Morgan fingerprint density at radius 3 is 0.371 bits per heavy atom. The summed E-state index contributed by atoms with van der Waals surface area (Å²) in [6.45, 7) is 0. The predicted octanol–water partition coefficient (Wildman–Crippen LogP) is 33.2. The molecule has 0 aromatic heterocycles. The SMILES string of the molecule is Brc1ccc(C(c2ccc(I)cc2)(c2ccc(I)cc2)c2ccc(I)cc2)cc1.Clc1ccc(C(c2ccc(Cl)cc2)(c2ccc(Cl)cc2)c2ccc(Br)cc2)cc1.Clc1ccc(C(c2ccc(Cl)cc2)(c2ccc(Cl)cc2)c2ccc(I)cc2)cc1.Fc1ccc(C(c2ccc(F)cc2)(c2ccc(F)cc2)c2ccc(I)cc2)cc1. The summed E-state index contributed by atoms with van der Waals surface area (Å²) >= 11 is 56.2. The Morgan fingerprint density at radius 2 is 0.250 bits per heavy atom. The topological polar surface area (TPSA) is 0 Å². The molecule has 0 fully saturated rings. The lowest BCUT2D eigenvalue weighted by molar-refractivity contribution is 0.619. The summed E-state index contributed by atoms with van der Waals surface area (Å²) in [4.78, 5) is 0. The Balaban J connectivity index is 0.000000135. The summed E-state index contributed by atoms with van der Waals surface area (Å²) in [6, 6.07) is 127. The van der Waals surface area contributed by atoms with Crippen LogP contribution in [0.4, 0.5) is 13.2 Å². The first kappa shape index (κ1) is 87.5. The Kier molecular flexibility index (Phi) is 30.1. The van der Waals surface area contributed by atoms with Gasteiger partial charge in [-0.15, -0.1) is 0 Å². The van der Waals surface area contributed by atoms with E-state index in [0.717, 1.165) is 79.3 Å². The molecule has 0 unspecified atom stereocenters. The molecular formula is C100H64Br2Cl6F3I5. The van der Waals surface area contributed by atoms with Gasteiger partial charge in [-0.1, -0.05) is 296 Å². The van der Waals surface area contributed by atoms with Crippen LogP contribution >= 0.6 is 214 Å². The first-order valence-corrected chi connectivity index (χ1v) is 45.4.